The maximum Gasteiger partial charge on any atom is 0.0922 e. The lowest BCUT2D eigenvalue weighted by Gasteiger charge is -1.91. The van der Waals surface area contributed by atoms with Gasteiger partial charge < -0.3 is 0 Å². The average molecular weight is 222 g/mol. The van der Waals surface area contributed by atoms with E-state index in [1.807, 2.05) is 23.6 Å². The van der Waals surface area contributed by atoms with Crippen LogP contribution in [0, 0.1) is 31.1 Å². The third-order valence-electron chi connectivity index (χ3n) is 2.19. The Hall–Kier alpha value is -1.96. The van der Waals surface area contributed by atoms with Crippen molar-refractivity contribution in [3.05, 3.63) is 57.3 Å². The highest BCUT2D eigenvalue weighted by Crippen LogP contribution is 2.14. The number of terminal acetylenes is 1. The van der Waals surface area contributed by atoms with Gasteiger partial charge in [-0.05, 0) is 30.5 Å². The lowest BCUT2D eigenvalue weighted by molar-refractivity contribution is 1.46. The van der Waals surface area contributed by atoms with Crippen LogP contribution in [-0.2, 0) is 0 Å². The van der Waals surface area contributed by atoms with E-state index in [1.165, 1.54) is 5.56 Å². The van der Waals surface area contributed by atoms with Crippen LogP contribution < -0.4 is 0 Å². The Labute approximate surface area is 100.0 Å². The van der Waals surface area contributed by atoms with Gasteiger partial charge in [0.25, 0.3) is 0 Å². The Balaban J connectivity index is 2.29. The van der Waals surface area contributed by atoms with Crippen LogP contribution >= 0.6 is 11.3 Å². The molecule has 76 valence electrons. The molecule has 0 N–H and O–H groups in total. The van der Waals surface area contributed by atoms with Crippen molar-refractivity contribution in [3.8, 4) is 24.2 Å². The van der Waals surface area contributed by atoms with Gasteiger partial charge in [0.15, 0.2) is 0 Å². The Bertz CT molecular complexity index is 583. The molecule has 0 amide bonds. The highest BCUT2D eigenvalue weighted by molar-refractivity contribution is 7.10. The van der Waals surface area contributed by atoms with E-state index in [2.05, 4.69) is 36.8 Å². The number of aryl methyl sites for hydroxylation is 1. The summed E-state index contributed by atoms with van der Waals surface area (Å²) in [5, 5.41) is 1.97. The summed E-state index contributed by atoms with van der Waals surface area (Å²) < 4.78 is 0. The zero-order valence-corrected chi connectivity index (χ0v) is 9.77. The molecule has 2 aromatic rings. The van der Waals surface area contributed by atoms with Gasteiger partial charge in [-0.25, -0.2) is 0 Å². The van der Waals surface area contributed by atoms with Gasteiger partial charge >= 0.3 is 0 Å². The molecule has 16 heavy (non-hydrogen) atoms. The molecule has 0 unspecified atom stereocenters. The Morgan fingerprint density at radius 2 is 1.81 bits per heavy atom. The van der Waals surface area contributed by atoms with Gasteiger partial charge in [-0.2, -0.15) is 0 Å². The van der Waals surface area contributed by atoms with Gasteiger partial charge in [0.1, 0.15) is 0 Å². The molecule has 1 heterocycles. The first kappa shape index (κ1) is 10.6. The molecule has 1 aromatic carbocycles. The molecule has 1 aromatic heterocycles. The van der Waals surface area contributed by atoms with Crippen LogP contribution in [0.5, 0.6) is 0 Å². The normalized spacial score (nSPS) is 9.00. The highest BCUT2D eigenvalue weighted by Gasteiger charge is 1.96. The van der Waals surface area contributed by atoms with Gasteiger partial charge in [-0.15, -0.1) is 17.8 Å². The molecule has 0 aliphatic heterocycles. The molecule has 0 atom stereocenters. The van der Waals surface area contributed by atoms with E-state index in [0.29, 0.717) is 0 Å². The first-order valence-corrected chi connectivity index (χ1v) is 5.80. The predicted molar refractivity (Wildman–Crippen MR) is 69.4 cm³/mol. The van der Waals surface area contributed by atoms with Crippen LogP contribution in [0.15, 0.2) is 35.7 Å². The van der Waals surface area contributed by atoms with Crippen molar-refractivity contribution in [2.75, 3.05) is 0 Å². The SMILES string of the molecule is C#Cc1sccc1C#Cc1ccc(C)cc1. The van der Waals surface area contributed by atoms with Crippen LogP contribution in [0.1, 0.15) is 21.6 Å². The third kappa shape index (κ3) is 2.34. The lowest BCUT2D eigenvalue weighted by Crippen LogP contribution is -1.77. The second kappa shape index (κ2) is 4.71. The summed E-state index contributed by atoms with van der Waals surface area (Å²) in [6.07, 6.45) is 5.38. The fourth-order valence-corrected chi connectivity index (χ4v) is 1.95. The summed E-state index contributed by atoms with van der Waals surface area (Å²) in [4.78, 5) is 0.902. The van der Waals surface area contributed by atoms with E-state index in [4.69, 9.17) is 6.42 Å². The summed E-state index contributed by atoms with van der Waals surface area (Å²) in [6.45, 7) is 2.06. The number of benzene rings is 1. The van der Waals surface area contributed by atoms with Crippen molar-refractivity contribution >= 4 is 11.3 Å². The number of thiophene rings is 1. The topological polar surface area (TPSA) is 0 Å². The van der Waals surface area contributed by atoms with E-state index in [0.717, 1.165) is 16.0 Å². The van der Waals surface area contributed by atoms with Crippen LogP contribution in [-0.4, -0.2) is 0 Å². The molecule has 1 heteroatoms. The predicted octanol–water partition coefficient (Wildman–Crippen LogP) is 3.44. The van der Waals surface area contributed by atoms with Crippen molar-refractivity contribution in [2.24, 2.45) is 0 Å². The fraction of sp³-hybridized carbons (Fsp3) is 0.0667. The van der Waals surface area contributed by atoms with E-state index >= 15 is 0 Å². The van der Waals surface area contributed by atoms with Crippen molar-refractivity contribution in [1.29, 1.82) is 0 Å². The second-order valence-electron chi connectivity index (χ2n) is 3.42. The Kier molecular flexibility index (Phi) is 3.10. The van der Waals surface area contributed by atoms with Crippen LogP contribution in [0.3, 0.4) is 0 Å². The molecule has 0 fully saturated rings. The van der Waals surface area contributed by atoms with Crippen LogP contribution in [0.25, 0.3) is 0 Å². The molecule has 0 aliphatic carbocycles. The van der Waals surface area contributed by atoms with Gasteiger partial charge in [0.2, 0.25) is 0 Å². The third-order valence-corrected chi connectivity index (χ3v) is 3.04. The molecule has 2 rings (SSSR count). The minimum atomic E-state index is 0.902. The van der Waals surface area contributed by atoms with Crippen LogP contribution in [0.4, 0.5) is 0 Å². The van der Waals surface area contributed by atoms with Gasteiger partial charge in [0.05, 0.1) is 10.4 Å². The summed E-state index contributed by atoms with van der Waals surface area (Å²) in [5.41, 5.74) is 3.19. The summed E-state index contributed by atoms with van der Waals surface area (Å²) in [5.74, 6) is 8.84. The summed E-state index contributed by atoms with van der Waals surface area (Å²) in [7, 11) is 0. The quantitative estimate of drug-likeness (QED) is 0.599. The number of rotatable bonds is 0. The maximum atomic E-state index is 5.38. The molecule has 0 saturated heterocycles. The molecular formula is C15H10S. The summed E-state index contributed by atoms with van der Waals surface area (Å²) in [6, 6.07) is 10.1. The summed E-state index contributed by atoms with van der Waals surface area (Å²) >= 11 is 1.55. The Morgan fingerprint density at radius 1 is 1.06 bits per heavy atom. The second-order valence-corrected chi connectivity index (χ2v) is 4.34. The fourth-order valence-electron chi connectivity index (χ4n) is 1.30. The monoisotopic (exact) mass is 222 g/mol. The zero-order chi connectivity index (χ0) is 11.4. The standard InChI is InChI=1S/C15H10S/c1-3-15-14(10-11-16-15)9-8-13-6-4-12(2)5-7-13/h1,4-7,10-11H,2H3. The maximum absolute atomic E-state index is 5.38. The van der Waals surface area contributed by atoms with Gasteiger partial charge in [-0.3, -0.25) is 0 Å². The van der Waals surface area contributed by atoms with Gasteiger partial charge in [0, 0.05) is 5.56 Å². The molecule has 0 nitrogen and oxygen atoms in total. The minimum absolute atomic E-state index is 0.902. The van der Waals surface area contributed by atoms with Crippen molar-refractivity contribution in [1.82, 2.24) is 0 Å². The molecule has 0 aliphatic rings. The van der Waals surface area contributed by atoms with Gasteiger partial charge in [-0.1, -0.05) is 35.5 Å². The largest absolute Gasteiger partial charge is 0.134 e. The van der Waals surface area contributed by atoms with Crippen molar-refractivity contribution in [3.63, 3.8) is 0 Å². The molecule has 0 radical (unpaired) electrons. The number of hydrogen-bond acceptors (Lipinski definition) is 1. The van der Waals surface area contributed by atoms with E-state index in [1.54, 1.807) is 11.3 Å². The average Bonchev–Trinajstić information content (AvgIpc) is 2.76. The molecular weight excluding hydrogens is 212 g/mol. The zero-order valence-electron chi connectivity index (χ0n) is 8.95. The minimum Gasteiger partial charge on any atom is -0.134 e. The molecule has 0 bridgehead atoms. The van der Waals surface area contributed by atoms with Crippen molar-refractivity contribution in [2.45, 2.75) is 6.92 Å². The van der Waals surface area contributed by atoms with E-state index in [9.17, 15) is 0 Å². The van der Waals surface area contributed by atoms with E-state index < -0.39 is 0 Å². The molecule has 0 saturated carbocycles. The lowest BCUT2D eigenvalue weighted by atomic mass is 10.1. The van der Waals surface area contributed by atoms with Crippen molar-refractivity contribution < 1.29 is 0 Å². The number of hydrogen-bond donors (Lipinski definition) is 0. The molecule has 0 spiro atoms. The highest BCUT2D eigenvalue weighted by atomic mass is 32.1. The van der Waals surface area contributed by atoms with E-state index in [-0.39, 0.29) is 0 Å². The smallest absolute Gasteiger partial charge is 0.0922 e. The first-order valence-electron chi connectivity index (χ1n) is 4.92. The first-order chi connectivity index (χ1) is 7.79. The Morgan fingerprint density at radius 3 is 2.50 bits per heavy atom. The van der Waals surface area contributed by atoms with Crippen LogP contribution in [0.2, 0.25) is 0 Å².